The first-order valence-electron chi connectivity index (χ1n) is 6.72. The number of anilines is 1. The number of piperazine rings is 1. The van der Waals surface area contributed by atoms with Crippen LogP contribution in [0.25, 0.3) is 0 Å². The molecule has 0 bridgehead atoms. The van der Waals surface area contributed by atoms with Crippen molar-refractivity contribution in [1.29, 1.82) is 0 Å². The predicted octanol–water partition coefficient (Wildman–Crippen LogP) is 1.26. The van der Waals surface area contributed by atoms with Crippen LogP contribution in [0.4, 0.5) is 5.69 Å². The molecule has 0 saturated carbocycles. The Hall–Kier alpha value is -1.26. The third kappa shape index (κ3) is 2.76. The van der Waals surface area contributed by atoms with Crippen LogP contribution in [0.5, 0.6) is 5.75 Å². The zero-order valence-corrected chi connectivity index (χ0v) is 10.6. The summed E-state index contributed by atoms with van der Waals surface area (Å²) in [5.74, 6) is 0.960. The Bertz CT molecular complexity index is 385. The van der Waals surface area contributed by atoms with E-state index in [1.54, 1.807) is 0 Å². The van der Waals surface area contributed by atoms with Gasteiger partial charge in [-0.05, 0) is 12.1 Å². The van der Waals surface area contributed by atoms with Gasteiger partial charge in [0.25, 0.3) is 0 Å². The van der Waals surface area contributed by atoms with Gasteiger partial charge in [0, 0.05) is 44.4 Å². The molecule has 1 aromatic carbocycles. The zero-order valence-electron chi connectivity index (χ0n) is 10.6. The fourth-order valence-corrected chi connectivity index (χ4v) is 2.47. The molecule has 0 aromatic heterocycles. The van der Waals surface area contributed by atoms with Gasteiger partial charge in [0.15, 0.2) is 0 Å². The van der Waals surface area contributed by atoms with Gasteiger partial charge in [0.1, 0.15) is 11.9 Å². The van der Waals surface area contributed by atoms with Gasteiger partial charge >= 0.3 is 0 Å². The fourth-order valence-electron chi connectivity index (χ4n) is 2.47. The predicted molar refractivity (Wildman–Crippen MR) is 71.4 cm³/mol. The lowest BCUT2D eigenvalue weighted by Gasteiger charge is -2.29. The van der Waals surface area contributed by atoms with E-state index in [9.17, 15) is 0 Å². The van der Waals surface area contributed by atoms with Crippen LogP contribution in [-0.2, 0) is 4.74 Å². The van der Waals surface area contributed by atoms with Crippen molar-refractivity contribution in [3.63, 3.8) is 0 Å². The van der Waals surface area contributed by atoms with Gasteiger partial charge in [-0.15, -0.1) is 0 Å². The molecule has 0 amide bonds. The number of nitrogens with one attached hydrogen (secondary N) is 1. The summed E-state index contributed by atoms with van der Waals surface area (Å²) in [6.07, 6.45) is 1.22. The highest BCUT2D eigenvalue weighted by molar-refractivity contribution is 5.51. The molecule has 2 aliphatic rings. The van der Waals surface area contributed by atoms with Crippen molar-refractivity contribution in [2.45, 2.75) is 12.5 Å². The molecule has 1 unspecified atom stereocenters. The fraction of sp³-hybridized carbons (Fsp3) is 0.571. The van der Waals surface area contributed by atoms with E-state index in [1.807, 2.05) is 6.07 Å². The van der Waals surface area contributed by atoms with Gasteiger partial charge in [0.2, 0.25) is 0 Å². The first-order chi connectivity index (χ1) is 8.92. The number of hydrogen-bond acceptors (Lipinski definition) is 4. The van der Waals surface area contributed by atoms with E-state index in [1.165, 1.54) is 5.69 Å². The maximum absolute atomic E-state index is 5.94. The van der Waals surface area contributed by atoms with Gasteiger partial charge in [-0.3, -0.25) is 0 Å². The molecule has 0 spiro atoms. The van der Waals surface area contributed by atoms with Gasteiger partial charge in [-0.2, -0.15) is 0 Å². The molecule has 4 heteroatoms. The third-order valence-electron chi connectivity index (χ3n) is 3.49. The van der Waals surface area contributed by atoms with E-state index in [-0.39, 0.29) is 6.10 Å². The Labute approximate surface area is 108 Å². The molecule has 3 rings (SSSR count). The second kappa shape index (κ2) is 5.59. The minimum absolute atomic E-state index is 0.225. The lowest BCUT2D eigenvalue weighted by Crippen LogP contribution is -2.43. The molecule has 1 atom stereocenters. The van der Waals surface area contributed by atoms with Crippen LogP contribution in [0.3, 0.4) is 0 Å². The van der Waals surface area contributed by atoms with Crippen LogP contribution in [0, 0.1) is 0 Å². The smallest absolute Gasteiger partial charge is 0.124 e. The molecule has 4 nitrogen and oxygen atoms in total. The van der Waals surface area contributed by atoms with Crippen molar-refractivity contribution in [2.75, 3.05) is 44.3 Å². The van der Waals surface area contributed by atoms with Crippen molar-refractivity contribution in [3.05, 3.63) is 24.3 Å². The van der Waals surface area contributed by atoms with Gasteiger partial charge in [0.05, 0.1) is 13.2 Å². The molecule has 2 heterocycles. The summed E-state index contributed by atoms with van der Waals surface area (Å²) >= 11 is 0. The number of rotatable bonds is 3. The normalized spacial score (nSPS) is 24.2. The summed E-state index contributed by atoms with van der Waals surface area (Å²) in [5, 5.41) is 3.37. The molecule has 2 aliphatic heterocycles. The summed E-state index contributed by atoms with van der Waals surface area (Å²) in [6, 6.07) is 8.40. The molecule has 2 saturated heterocycles. The number of nitrogens with zero attached hydrogens (tertiary/aromatic N) is 1. The van der Waals surface area contributed by atoms with E-state index in [0.717, 1.165) is 51.6 Å². The van der Waals surface area contributed by atoms with Gasteiger partial charge in [-0.25, -0.2) is 0 Å². The minimum atomic E-state index is 0.225. The SMILES string of the molecule is c1cc(OC2CCOC2)cc(N2CCNCC2)c1. The summed E-state index contributed by atoms with van der Waals surface area (Å²) in [7, 11) is 0. The van der Waals surface area contributed by atoms with E-state index >= 15 is 0 Å². The van der Waals surface area contributed by atoms with Crippen molar-refractivity contribution in [2.24, 2.45) is 0 Å². The number of ether oxygens (including phenoxy) is 2. The quantitative estimate of drug-likeness (QED) is 0.873. The van der Waals surface area contributed by atoms with Crippen LogP contribution in [0.1, 0.15) is 6.42 Å². The maximum Gasteiger partial charge on any atom is 0.124 e. The summed E-state index contributed by atoms with van der Waals surface area (Å²) in [6.45, 7) is 5.79. The number of hydrogen-bond donors (Lipinski definition) is 1. The van der Waals surface area contributed by atoms with E-state index in [0.29, 0.717) is 0 Å². The molecule has 1 N–H and O–H groups in total. The Morgan fingerprint density at radius 3 is 2.94 bits per heavy atom. The van der Waals surface area contributed by atoms with E-state index in [2.05, 4.69) is 28.4 Å². The lowest BCUT2D eigenvalue weighted by atomic mass is 10.2. The van der Waals surface area contributed by atoms with Crippen LogP contribution in [-0.4, -0.2) is 45.5 Å². The molecule has 0 aliphatic carbocycles. The summed E-state index contributed by atoms with van der Waals surface area (Å²) in [4.78, 5) is 2.40. The highest BCUT2D eigenvalue weighted by Gasteiger charge is 2.17. The third-order valence-corrected chi connectivity index (χ3v) is 3.49. The van der Waals surface area contributed by atoms with Crippen LogP contribution in [0.15, 0.2) is 24.3 Å². The van der Waals surface area contributed by atoms with E-state index in [4.69, 9.17) is 9.47 Å². The average molecular weight is 248 g/mol. The second-order valence-corrected chi connectivity index (χ2v) is 4.84. The zero-order chi connectivity index (χ0) is 12.2. The van der Waals surface area contributed by atoms with Crippen molar-refractivity contribution >= 4 is 5.69 Å². The Morgan fingerprint density at radius 1 is 1.28 bits per heavy atom. The van der Waals surface area contributed by atoms with Crippen LogP contribution in [0.2, 0.25) is 0 Å². The Morgan fingerprint density at radius 2 is 2.17 bits per heavy atom. The molecule has 0 radical (unpaired) electrons. The Kier molecular flexibility index (Phi) is 3.67. The summed E-state index contributed by atoms with van der Waals surface area (Å²) in [5.41, 5.74) is 1.26. The molecular formula is C14H20N2O2. The van der Waals surface area contributed by atoms with E-state index < -0.39 is 0 Å². The van der Waals surface area contributed by atoms with Crippen molar-refractivity contribution < 1.29 is 9.47 Å². The standard InChI is InChI=1S/C14H20N2O2/c1-2-12(16-7-5-15-6-8-16)10-13(3-1)18-14-4-9-17-11-14/h1-3,10,14-15H,4-9,11H2. The Balaban J connectivity index is 1.67. The average Bonchev–Trinajstić information content (AvgIpc) is 2.93. The molecule has 1 aromatic rings. The van der Waals surface area contributed by atoms with Crippen LogP contribution >= 0.6 is 0 Å². The topological polar surface area (TPSA) is 33.7 Å². The van der Waals surface area contributed by atoms with Gasteiger partial charge in [-0.1, -0.05) is 6.07 Å². The van der Waals surface area contributed by atoms with Crippen molar-refractivity contribution in [3.8, 4) is 5.75 Å². The molecule has 18 heavy (non-hydrogen) atoms. The largest absolute Gasteiger partial charge is 0.488 e. The lowest BCUT2D eigenvalue weighted by molar-refractivity contribution is 0.141. The highest BCUT2D eigenvalue weighted by atomic mass is 16.5. The first kappa shape index (κ1) is 11.8. The summed E-state index contributed by atoms with van der Waals surface area (Å²) < 4.78 is 11.3. The van der Waals surface area contributed by atoms with Crippen LogP contribution < -0.4 is 15.0 Å². The van der Waals surface area contributed by atoms with Gasteiger partial charge < -0.3 is 19.7 Å². The number of benzene rings is 1. The second-order valence-electron chi connectivity index (χ2n) is 4.84. The first-order valence-corrected chi connectivity index (χ1v) is 6.72. The molecule has 98 valence electrons. The van der Waals surface area contributed by atoms with Crippen molar-refractivity contribution in [1.82, 2.24) is 5.32 Å². The molecular weight excluding hydrogens is 228 g/mol. The minimum Gasteiger partial charge on any atom is -0.488 e. The monoisotopic (exact) mass is 248 g/mol. The molecule has 2 fully saturated rings. The maximum atomic E-state index is 5.94. The highest BCUT2D eigenvalue weighted by Crippen LogP contribution is 2.23.